The van der Waals surface area contributed by atoms with E-state index in [-0.39, 0.29) is 0 Å². The average molecular weight is 735 g/mol. The number of hydrogen-bond donors (Lipinski definition) is 5. The number of hydrogen-bond acceptors (Lipinski definition) is 10. The molecule has 1 aromatic heterocycles. The Labute approximate surface area is 312 Å². The van der Waals surface area contributed by atoms with Crippen LogP contribution < -0.4 is 42.6 Å². The second kappa shape index (κ2) is 30.1. The van der Waals surface area contributed by atoms with Gasteiger partial charge >= 0.3 is 5.95 Å². The Bertz CT molecular complexity index is 1260. The van der Waals surface area contributed by atoms with E-state index in [9.17, 15) is 0 Å². The highest BCUT2D eigenvalue weighted by Gasteiger charge is 2.04. The van der Waals surface area contributed by atoms with E-state index in [1.54, 1.807) is 4.58 Å². The van der Waals surface area contributed by atoms with Crippen molar-refractivity contribution in [1.82, 2.24) is 19.7 Å². The van der Waals surface area contributed by atoms with E-state index in [0.29, 0.717) is 0 Å². The molecule has 0 fully saturated rings. The van der Waals surface area contributed by atoms with Crippen molar-refractivity contribution in [2.75, 3.05) is 121 Å². The lowest BCUT2D eigenvalue weighted by Crippen LogP contribution is -2.31. The fourth-order valence-electron chi connectivity index (χ4n) is 3.29. The van der Waals surface area contributed by atoms with Crippen molar-refractivity contribution in [2.24, 2.45) is 19.8 Å². The lowest BCUT2D eigenvalue weighted by atomic mass is 10.2. The van der Waals surface area contributed by atoms with Crippen LogP contribution in [0.25, 0.3) is 0 Å². The van der Waals surface area contributed by atoms with Crippen LogP contribution in [0, 0.1) is 0 Å². The number of likely N-dealkylation sites (N-methyl/N-ethyl adjacent to an activating group) is 2. The van der Waals surface area contributed by atoms with Gasteiger partial charge in [-0.15, -0.1) is 0 Å². The first kappa shape index (κ1) is 48.4. The van der Waals surface area contributed by atoms with Crippen LogP contribution in [0.4, 0.5) is 28.7 Å². The molecular weight excluding hydrogens is 665 g/mol. The fraction of sp³-hybridized carbons (Fsp3) is 0.500. The molecule has 9 N–H and O–H groups in total. The molecule has 14 heteroatoms. The van der Waals surface area contributed by atoms with Gasteiger partial charge in [-0.05, 0) is 69.2 Å². The Morgan fingerprint density at radius 3 is 1.72 bits per heavy atom. The molecule has 0 unspecified atom stereocenters. The summed E-state index contributed by atoms with van der Waals surface area (Å²) in [5.74, 6) is 3.15. The van der Waals surface area contributed by atoms with Gasteiger partial charge in [0.15, 0.2) is 0 Å². The summed E-state index contributed by atoms with van der Waals surface area (Å²) in [6.07, 6.45) is 9.12. The highest BCUT2D eigenvalue weighted by molar-refractivity contribution is 8.76. The Hall–Kier alpha value is -3.72. The molecule has 0 bridgehead atoms. The molecule has 0 saturated heterocycles. The SMILES string of the molecule is CCNC.CCSSCCN(C)CCN(C)c1ccc(N)cc1.CN(C)/C=C\[N+](C)=CN.CN(C)c1ccc(N)cc1.Cn1cc[n+](C)c1N. The lowest BCUT2D eigenvalue weighted by molar-refractivity contribution is -0.655. The predicted octanol–water partition coefficient (Wildman–Crippen LogP) is 3.68. The van der Waals surface area contributed by atoms with E-state index >= 15 is 0 Å². The van der Waals surface area contributed by atoms with Crippen molar-refractivity contribution in [3.8, 4) is 0 Å². The average Bonchev–Trinajstić information content (AvgIpc) is 3.40. The van der Waals surface area contributed by atoms with Crippen molar-refractivity contribution in [1.29, 1.82) is 0 Å². The number of aryl methyl sites for hydroxylation is 2. The number of nitrogens with one attached hydrogen (secondary N) is 1. The van der Waals surface area contributed by atoms with E-state index in [0.717, 1.165) is 43.5 Å². The molecule has 0 aliphatic rings. The largest absolute Gasteiger partial charge is 0.399 e. The molecule has 0 aliphatic heterocycles. The smallest absolute Gasteiger partial charge is 0.354 e. The Morgan fingerprint density at radius 1 is 0.840 bits per heavy atom. The third-order valence-corrected chi connectivity index (χ3v) is 9.20. The lowest BCUT2D eigenvalue weighted by Gasteiger charge is -2.23. The zero-order chi connectivity index (χ0) is 38.5. The van der Waals surface area contributed by atoms with Gasteiger partial charge < -0.3 is 36.4 Å². The molecule has 50 heavy (non-hydrogen) atoms. The highest BCUT2D eigenvalue weighted by Crippen LogP contribution is 2.20. The summed E-state index contributed by atoms with van der Waals surface area (Å²) in [5.41, 5.74) is 25.9. The van der Waals surface area contributed by atoms with Crippen LogP contribution in [0.2, 0.25) is 0 Å². The predicted molar refractivity (Wildman–Crippen MR) is 227 cm³/mol. The molecule has 12 nitrogen and oxygen atoms in total. The maximum Gasteiger partial charge on any atom is 0.354 e. The quantitative estimate of drug-likeness (QED) is 0.0439. The Balaban J connectivity index is 0. The van der Waals surface area contributed by atoms with Crippen molar-refractivity contribution >= 4 is 56.6 Å². The topological polar surface area (TPSA) is 141 Å². The normalized spacial score (nSPS) is 10.5. The maximum absolute atomic E-state index is 5.70. The Kier molecular flexibility index (Phi) is 29.2. The van der Waals surface area contributed by atoms with Crippen LogP contribution >= 0.6 is 21.6 Å². The molecule has 2 aromatic carbocycles. The number of nitrogens with zero attached hydrogens (tertiary/aromatic N) is 7. The fourth-order valence-corrected chi connectivity index (χ4v) is 5.04. The zero-order valence-corrected chi connectivity index (χ0v) is 34.6. The number of rotatable bonds is 13. The second-order valence-corrected chi connectivity index (χ2v) is 14.6. The van der Waals surface area contributed by atoms with Crippen molar-refractivity contribution in [3.05, 3.63) is 73.3 Å². The van der Waals surface area contributed by atoms with Crippen molar-refractivity contribution in [3.63, 3.8) is 0 Å². The van der Waals surface area contributed by atoms with Crippen LogP contribution in [0.3, 0.4) is 0 Å². The van der Waals surface area contributed by atoms with E-state index in [1.165, 1.54) is 29.2 Å². The van der Waals surface area contributed by atoms with Gasteiger partial charge in [-0.2, -0.15) is 0 Å². The first-order valence-electron chi connectivity index (χ1n) is 16.7. The summed E-state index contributed by atoms with van der Waals surface area (Å²) in [6, 6.07) is 15.8. The summed E-state index contributed by atoms with van der Waals surface area (Å²) in [4.78, 5) is 8.64. The molecule has 284 valence electrons. The van der Waals surface area contributed by atoms with Crippen LogP contribution in [0.15, 0.2) is 73.3 Å². The van der Waals surface area contributed by atoms with Gasteiger partial charge in [-0.1, -0.05) is 35.4 Å². The minimum atomic E-state index is 0.769. The van der Waals surface area contributed by atoms with E-state index in [4.69, 9.17) is 22.9 Å². The second-order valence-electron chi connectivity index (χ2n) is 11.7. The molecule has 3 rings (SSSR count). The van der Waals surface area contributed by atoms with Crippen LogP contribution in [-0.2, 0) is 14.1 Å². The number of nitrogens with two attached hydrogens (primary N) is 4. The molecule has 3 aromatic rings. The minimum Gasteiger partial charge on any atom is -0.399 e. The van der Waals surface area contributed by atoms with Crippen molar-refractivity contribution in [2.45, 2.75) is 13.8 Å². The van der Waals surface area contributed by atoms with E-state index in [1.807, 2.05) is 158 Å². The van der Waals surface area contributed by atoms with Crippen molar-refractivity contribution < 1.29 is 9.14 Å². The molecule has 1 heterocycles. The van der Waals surface area contributed by atoms with Crippen LogP contribution in [0.5, 0.6) is 0 Å². The summed E-state index contributed by atoms with van der Waals surface area (Å²) in [5, 5.41) is 2.93. The highest BCUT2D eigenvalue weighted by atomic mass is 33.1. The third kappa shape index (κ3) is 26.2. The molecule has 0 atom stereocenters. The summed E-state index contributed by atoms with van der Waals surface area (Å²) >= 11 is 0. The van der Waals surface area contributed by atoms with E-state index in [2.05, 4.69) is 55.2 Å². The number of benzene rings is 2. The first-order chi connectivity index (χ1) is 23.6. The number of anilines is 5. The zero-order valence-electron chi connectivity index (χ0n) is 33.0. The van der Waals surface area contributed by atoms with E-state index < -0.39 is 0 Å². The number of nitrogen functional groups attached to an aromatic ring is 3. The molecule has 0 spiro atoms. The van der Waals surface area contributed by atoms with Gasteiger partial charge in [0, 0.05) is 95.3 Å². The van der Waals surface area contributed by atoms with Gasteiger partial charge in [0.25, 0.3) is 0 Å². The summed E-state index contributed by atoms with van der Waals surface area (Å²) < 4.78 is 5.50. The van der Waals surface area contributed by atoms with Crippen LogP contribution in [0.1, 0.15) is 13.8 Å². The minimum absolute atomic E-state index is 0.769. The van der Waals surface area contributed by atoms with Gasteiger partial charge in [0.2, 0.25) is 6.34 Å². The molecule has 0 radical (unpaired) electrons. The monoisotopic (exact) mass is 735 g/mol. The van der Waals surface area contributed by atoms with Gasteiger partial charge in [-0.3, -0.25) is 11.5 Å². The van der Waals surface area contributed by atoms with Crippen LogP contribution in [-0.4, -0.2) is 119 Å². The summed E-state index contributed by atoms with van der Waals surface area (Å²) in [7, 11) is 23.8. The third-order valence-electron chi connectivity index (χ3n) is 6.74. The standard InChI is InChI=1S/C14H25N3S2.C8H12N2.C6H13N3.C5H9N3.C3H9N/c1-4-18-19-12-11-16(2)9-10-17(3)14-7-5-13(15)6-8-14;1-10(2)8-5-3-7(9)4-6-8;1-8(2)4-5-9(3)6-7;1-7-3-4-8(2)5(7)6;1-3-4-2/h5-8H,4,9-12,15H2,1-3H3;3-6H,9H2,1-2H3;4-7H,1-3H3;3-4,6H,1-2H3;4H,3H2,1-2H3/p+2/b;;5-4-;;. The summed E-state index contributed by atoms with van der Waals surface area (Å²) in [6.45, 7) is 8.60. The van der Waals surface area contributed by atoms with Gasteiger partial charge in [0.1, 0.15) is 6.20 Å². The number of aromatic nitrogens is 2. The molecule has 0 amide bonds. The first-order valence-corrected chi connectivity index (χ1v) is 19.2. The maximum atomic E-state index is 5.70. The molecule has 0 aliphatic carbocycles. The Morgan fingerprint density at radius 2 is 1.36 bits per heavy atom. The molecular formula is C36H70N12S2+2. The molecule has 0 saturated carbocycles. The number of imidazole rings is 1. The van der Waals surface area contributed by atoms with Gasteiger partial charge in [0.05, 0.1) is 33.5 Å². The van der Waals surface area contributed by atoms with Gasteiger partial charge in [-0.25, -0.2) is 13.7 Å².